The minimum absolute atomic E-state index is 0.0672. The van der Waals surface area contributed by atoms with E-state index in [-0.39, 0.29) is 24.1 Å². The van der Waals surface area contributed by atoms with Crippen LogP contribution in [-0.4, -0.2) is 29.8 Å². The Balaban J connectivity index is 1.38. The summed E-state index contributed by atoms with van der Waals surface area (Å²) in [7, 11) is 0. The SMILES string of the molecule is Cc1c(Cc2ccccc2)/c(=N/OC(=O)CCCNC(=O)OC(C)(C)C)oc2cc3c(cc12)CCC1(CCCCC1)O3. The lowest BCUT2D eigenvalue weighted by Gasteiger charge is -2.41. The Kier molecular flexibility index (Phi) is 8.90. The molecule has 2 aliphatic rings. The van der Waals surface area contributed by atoms with Gasteiger partial charge in [0.15, 0.2) is 0 Å². The second-order valence-corrected chi connectivity index (χ2v) is 12.6. The van der Waals surface area contributed by atoms with Crippen LogP contribution in [0.1, 0.15) is 94.4 Å². The first-order valence-electron chi connectivity index (χ1n) is 15.1. The highest BCUT2D eigenvalue weighted by Gasteiger charge is 2.37. The molecule has 224 valence electrons. The zero-order valence-electron chi connectivity index (χ0n) is 25.2. The highest BCUT2D eigenvalue weighted by atomic mass is 16.7. The fourth-order valence-electron chi connectivity index (χ4n) is 5.91. The lowest BCUT2D eigenvalue weighted by atomic mass is 9.79. The van der Waals surface area contributed by atoms with Gasteiger partial charge in [0.2, 0.25) is 0 Å². The van der Waals surface area contributed by atoms with Crippen LogP contribution in [0.2, 0.25) is 0 Å². The van der Waals surface area contributed by atoms with Crippen LogP contribution >= 0.6 is 0 Å². The van der Waals surface area contributed by atoms with Crippen LogP contribution in [-0.2, 0) is 27.2 Å². The van der Waals surface area contributed by atoms with Gasteiger partial charge in [0.05, 0.1) is 0 Å². The first kappa shape index (κ1) is 29.7. The number of hydrogen-bond acceptors (Lipinski definition) is 7. The molecule has 1 aromatic heterocycles. The Labute approximate surface area is 247 Å². The molecule has 0 bridgehead atoms. The van der Waals surface area contributed by atoms with Gasteiger partial charge in [-0.15, -0.1) is 0 Å². The molecule has 3 aromatic rings. The van der Waals surface area contributed by atoms with Gasteiger partial charge >= 0.3 is 12.1 Å². The number of hydrogen-bond donors (Lipinski definition) is 1. The molecule has 1 N–H and O–H groups in total. The number of aryl methyl sites for hydroxylation is 2. The van der Waals surface area contributed by atoms with Crippen LogP contribution in [0.5, 0.6) is 5.75 Å². The quantitative estimate of drug-likeness (QED) is 0.185. The molecule has 1 amide bonds. The average Bonchev–Trinajstić information content (AvgIpc) is 2.95. The molecule has 1 aliphatic heterocycles. The Morgan fingerprint density at radius 1 is 1.05 bits per heavy atom. The van der Waals surface area contributed by atoms with Crippen LogP contribution in [0, 0.1) is 6.92 Å². The van der Waals surface area contributed by atoms with E-state index in [9.17, 15) is 9.59 Å². The predicted octanol–water partition coefficient (Wildman–Crippen LogP) is 7.02. The van der Waals surface area contributed by atoms with Crippen molar-refractivity contribution in [3.8, 4) is 5.75 Å². The lowest BCUT2D eigenvalue weighted by molar-refractivity contribution is -0.144. The maximum Gasteiger partial charge on any atom is 0.407 e. The van der Waals surface area contributed by atoms with Gasteiger partial charge in [0.25, 0.3) is 5.55 Å². The van der Waals surface area contributed by atoms with Gasteiger partial charge in [-0.2, -0.15) is 0 Å². The van der Waals surface area contributed by atoms with E-state index < -0.39 is 17.7 Å². The van der Waals surface area contributed by atoms with Gasteiger partial charge in [-0.25, -0.2) is 9.59 Å². The summed E-state index contributed by atoms with van der Waals surface area (Å²) >= 11 is 0. The summed E-state index contributed by atoms with van der Waals surface area (Å²) in [6, 6.07) is 14.3. The summed E-state index contributed by atoms with van der Waals surface area (Å²) < 4.78 is 18.2. The summed E-state index contributed by atoms with van der Waals surface area (Å²) in [5.74, 6) is 0.377. The molecule has 0 unspecified atom stereocenters. The summed E-state index contributed by atoms with van der Waals surface area (Å²) in [6.07, 6.45) is 8.48. The van der Waals surface area contributed by atoms with E-state index in [1.807, 2.05) is 24.3 Å². The van der Waals surface area contributed by atoms with E-state index in [4.69, 9.17) is 18.7 Å². The fraction of sp³-hybridized carbons (Fsp3) is 0.500. The van der Waals surface area contributed by atoms with E-state index in [0.29, 0.717) is 18.4 Å². The van der Waals surface area contributed by atoms with Gasteiger partial charge in [-0.1, -0.05) is 36.8 Å². The highest BCUT2D eigenvalue weighted by Crippen LogP contribution is 2.43. The predicted molar refractivity (Wildman–Crippen MR) is 160 cm³/mol. The third-order valence-electron chi connectivity index (χ3n) is 8.11. The molecule has 1 saturated carbocycles. The van der Waals surface area contributed by atoms with E-state index in [2.05, 4.69) is 35.6 Å². The molecule has 8 nitrogen and oxygen atoms in total. The second kappa shape index (κ2) is 12.6. The van der Waals surface area contributed by atoms with E-state index in [1.54, 1.807) is 20.8 Å². The first-order chi connectivity index (χ1) is 20.1. The normalized spacial score (nSPS) is 16.5. The van der Waals surface area contributed by atoms with Crippen molar-refractivity contribution in [3.05, 3.63) is 70.3 Å². The fourth-order valence-corrected chi connectivity index (χ4v) is 5.91. The zero-order valence-corrected chi connectivity index (χ0v) is 25.2. The van der Waals surface area contributed by atoms with Crippen molar-refractivity contribution in [1.82, 2.24) is 5.32 Å². The Morgan fingerprint density at radius 2 is 1.81 bits per heavy atom. The number of amides is 1. The molecule has 8 heteroatoms. The van der Waals surface area contributed by atoms with Gasteiger partial charge < -0.3 is 24.0 Å². The van der Waals surface area contributed by atoms with Crippen molar-refractivity contribution in [2.24, 2.45) is 5.16 Å². The van der Waals surface area contributed by atoms with Crippen LogP contribution < -0.4 is 15.6 Å². The zero-order chi connectivity index (χ0) is 29.7. The van der Waals surface area contributed by atoms with Crippen molar-refractivity contribution in [1.29, 1.82) is 0 Å². The first-order valence-corrected chi connectivity index (χ1v) is 15.1. The largest absolute Gasteiger partial charge is 0.487 e. The number of fused-ring (bicyclic) bond motifs is 2. The molecule has 5 rings (SSSR count). The number of carbonyl (C=O) groups is 2. The average molecular weight is 575 g/mol. The van der Waals surface area contributed by atoms with E-state index in [0.717, 1.165) is 53.5 Å². The van der Waals surface area contributed by atoms with Crippen molar-refractivity contribution in [2.75, 3.05) is 6.54 Å². The smallest absolute Gasteiger partial charge is 0.407 e. The Morgan fingerprint density at radius 3 is 2.55 bits per heavy atom. The summed E-state index contributed by atoms with van der Waals surface area (Å²) in [6.45, 7) is 7.75. The number of rotatable bonds is 7. The monoisotopic (exact) mass is 574 g/mol. The van der Waals surface area contributed by atoms with Crippen LogP contribution in [0.25, 0.3) is 11.0 Å². The molecule has 1 aliphatic carbocycles. The molecular formula is C34H42N2O6. The van der Waals surface area contributed by atoms with Gasteiger partial charge in [0.1, 0.15) is 22.5 Å². The minimum atomic E-state index is -0.580. The number of nitrogens with zero attached hydrogens (tertiary/aromatic N) is 1. The van der Waals surface area contributed by atoms with Gasteiger partial charge in [-0.05, 0) is 101 Å². The highest BCUT2D eigenvalue weighted by molar-refractivity contribution is 5.84. The number of carbonyl (C=O) groups excluding carboxylic acids is 2. The van der Waals surface area contributed by atoms with Gasteiger partial charge in [0, 0.05) is 36.4 Å². The van der Waals surface area contributed by atoms with Gasteiger partial charge in [-0.3, -0.25) is 0 Å². The van der Waals surface area contributed by atoms with Crippen molar-refractivity contribution in [2.45, 2.75) is 103 Å². The molecule has 2 heterocycles. The van der Waals surface area contributed by atoms with Crippen LogP contribution in [0.3, 0.4) is 0 Å². The molecule has 2 aromatic carbocycles. The summed E-state index contributed by atoms with van der Waals surface area (Å²) in [5.41, 5.74) is 4.50. The maximum atomic E-state index is 12.5. The third-order valence-corrected chi connectivity index (χ3v) is 8.11. The number of benzene rings is 2. The molecule has 1 fully saturated rings. The maximum absolute atomic E-state index is 12.5. The number of ether oxygens (including phenoxy) is 2. The molecule has 0 atom stereocenters. The topological polar surface area (TPSA) is 99.4 Å². The standard InChI is InChI=1S/C34H42N2O6/c1-23-26-21-25-15-18-34(16-9-6-10-17-34)40-28(25)22-29(26)39-31(27(23)20-24-12-7-5-8-13-24)36-42-30(37)14-11-19-35-32(38)41-33(2,3)4/h5,7-8,12-13,21-22H,6,9-11,14-20H2,1-4H3,(H,35,38)/b36-31-. The van der Waals surface area contributed by atoms with Crippen LogP contribution in [0.4, 0.5) is 4.79 Å². The van der Waals surface area contributed by atoms with Crippen molar-refractivity contribution in [3.63, 3.8) is 0 Å². The number of alkyl carbamates (subject to hydrolysis) is 1. The molecule has 1 spiro atoms. The van der Waals surface area contributed by atoms with E-state index in [1.165, 1.54) is 24.8 Å². The Bertz CT molecular complexity index is 1500. The summed E-state index contributed by atoms with van der Waals surface area (Å²) in [5, 5.41) is 7.87. The second-order valence-electron chi connectivity index (χ2n) is 12.6. The van der Waals surface area contributed by atoms with Crippen molar-refractivity contribution < 1.29 is 28.3 Å². The molecule has 0 radical (unpaired) electrons. The van der Waals surface area contributed by atoms with Crippen molar-refractivity contribution >= 4 is 23.0 Å². The summed E-state index contributed by atoms with van der Waals surface area (Å²) in [4.78, 5) is 29.7. The van der Waals surface area contributed by atoms with E-state index >= 15 is 0 Å². The minimum Gasteiger partial charge on any atom is -0.487 e. The Hall–Kier alpha value is -3.81. The third kappa shape index (κ3) is 7.33. The molecule has 42 heavy (non-hydrogen) atoms. The van der Waals surface area contributed by atoms with Crippen LogP contribution in [0.15, 0.2) is 52.0 Å². The lowest BCUT2D eigenvalue weighted by Crippen LogP contribution is -2.41. The number of nitrogens with one attached hydrogen (secondary N) is 1. The molecule has 0 saturated heterocycles. The molecular weight excluding hydrogens is 532 g/mol.